The average Bonchev–Trinajstić information content (AvgIpc) is 3.49. The number of aromatic carboxylic acids is 1. The number of benzene rings is 1. The van der Waals surface area contributed by atoms with Gasteiger partial charge in [0, 0.05) is 36.0 Å². The summed E-state index contributed by atoms with van der Waals surface area (Å²) in [5, 5.41) is 13.3. The van der Waals surface area contributed by atoms with Gasteiger partial charge in [-0.15, -0.1) is 12.4 Å². The van der Waals surface area contributed by atoms with Crippen LogP contribution >= 0.6 is 25.0 Å². The van der Waals surface area contributed by atoms with Crippen molar-refractivity contribution in [2.45, 2.75) is 44.0 Å². The molecule has 172 valence electrons. The molecule has 0 spiro atoms. The normalized spacial score (nSPS) is 21.5. The van der Waals surface area contributed by atoms with Gasteiger partial charge in [0.1, 0.15) is 5.82 Å². The van der Waals surface area contributed by atoms with E-state index in [1.54, 1.807) is 22.9 Å². The Balaban J connectivity index is 0.00000289. The number of ketones is 1. The highest BCUT2D eigenvalue weighted by Crippen LogP contribution is 2.39. The number of allylic oxidation sites excluding steroid dienone is 1. The lowest BCUT2D eigenvalue weighted by molar-refractivity contribution is -0.126. The highest BCUT2D eigenvalue weighted by molar-refractivity contribution is 7.81. The molecule has 1 saturated heterocycles. The number of aromatic nitrogens is 2. The van der Waals surface area contributed by atoms with Gasteiger partial charge in [0.05, 0.1) is 24.3 Å². The molecule has 9 heteroatoms. The van der Waals surface area contributed by atoms with E-state index in [1.165, 1.54) is 18.5 Å². The number of hydrogen-bond acceptors (Lipinski definition) is 5. The first-order chi connectivity index (χ1) is 14.8. The fourth-order valence-corrected chi connectivity index (χ4v) is 4.65. The van der Waals surface area contributed by atoms with Gasteiger partial charge >= 0.3 is 5.97 Å². The van der Waals surface area contributed by atoms with Crippen molar-refractivity contribution in [2.75, 3.05) is 13.1 Å². The van der Waals surface area contributed by atoms with Crippen LogP contribution in [0.25, 0.3) is 0 Å². The number of carboxylic acid groups (broad SMARTS) is 1. The summed E-state index contributed by atoms with van der Waals surface area (Å²) < 4.78 is 16.3. The molecule has 2 unspecified atom stereocenters. The third kappa shape index (κ3) is 5.24. The number of thiol groups is 1. The number of halogens is 2. The van der Waals surface area contributed by atoms with E-state index in [-0.39, 0.29) is 40.7 Å². The summed E-state index contributed by atoms with van der Waals surface area (Å²) >= 11 is 4.75. The fourth-order valence-electron chi connectivity index (χ4n) is 4.23. The van der Waals surface area contributed by atoms with Crippen LogP contribution in [0.15, 0.2) is 47.8 Å². The zero-order valence-corrected chi connectivity index (χ0v) is 19.5. The Labute approximate surface area is 198 Å². The van der Waals surface area contributed by atoms with Crippen LogP contribution in [0.1, 0.15) is 48.1 Å². The summed E-state index contributed by atoms with van der Waals surface area (Å²) in [5.74, 6) is -1.25. The van der Waals surface area contributed by atoms with E-state index < -0.39 is 12.0 Å². The maximum Gasteiger partial charge on any atom is 0.338 e. The van der Waals surface area contributed by atoms with Crippen LogP contribution in [0, 0.1) is 11.7 Å². The van der Waals surface area contributed by atoms with Crippen LogP contribution in [0.4, 0.5) is 4.39 Å². The van der Waals surface area contributed by atoms with E-state index >= 15 is 0 Å². The second-order valence-corrected chi connectivity index (χ2v) is 9.04. The highest BCUT2D eigenvalue weighted by Gasteiger charge is 2.41. The molecule has 0 bridgehead atoms. The Morgan fingerprint density at radius 1 is 1.28 bits per heavy atom. The quantitative estimate of drug-likeness (QED) is 0.460. The summed E-state index contributed by atoms with van der Waals surface area (Å²) in [7, 11) is 0. The topological polar surface area (TPSA) is 75.4 Å². The van der Waals surface area contributed by atoms with Gasteiger partial charge in [0.15, 0.2) is 5.78 Å². The average molecular weight is 480 g/mol. The number of piperidine rings is 1. The molecule has 2 fully saturated rings. The van der Waals surface area contributed by atoms with E-state index in [0.29, 0.717) is 25.2 Å². The van der Waals surface area contributed by atoms with Crippen molar-refractivity contribution in [1.29, 1.82) is 0 Å². The van der Waals surface area contributed by atoms with Crippen molar-refractivity contribution in [3.8, 4) is 0 Å². The van der Waals surface area contributed by atoms with Crippen molar-refractivity contribution in [3.05, 3.63) is 64.7 Å². The molecule has 4 rings (SSSR count). The Morgan fingerprint density at radius 2 is 2.00 bits per heavy atom. The third-order valence-corrected chi connectivity index (χ3v) is 6.68. The van der Waals surface area contributed by atoms with Crippen LogP contribution in [-0.2, 0) is 11.3 Å². The molecule has 2 aromatic rings. The molecular formula is C23H27ClFN3O3S. The summed E-state index contributed by atoms with van der Waals surface area (Å²) in [6.07, 6.45) is 5.32. The molecule has 1 N–H and O–H groups in total. The molecule has 0 radical (unpaired) electrons. The van der Waals surface area contributed by atoms with Crippen molar-refractivity contribution in [2.24, 2.45) is 5.92 Å². The lowest BCUT2D eigenvalue weighted by Crippen LogP contribution is -2.43. The molecule has 2 aliphatic rings. The Kier molecular flexibility index (Phi) is 7.79. The van der Waals surface area contributed by atoms with E-state index in [9.17, 15) is 14.0 Å². The molecule has 1 aliphatic heterocycles. The smallest absolute Gasteiger partial charge is 0.338 e. The Morgan fingerprint density at radius 3 is 2.62 bits per heavy atom. The maximum atomic E-state index is 14.7. The minimum Gasteiger partial charge on any atom is -0.478 e. The van der Waals surface area contributed by atoms with Gasteiger partial charge in [0.25, 0.3) is 0 Å². The predicted octanol–water partition coefficient (Wildman–Crippen LogP) is 4.18. The zero-order chi connectivity index (χ0) is 22.1. The largest absolute Gasteiger partial charge is 0.478 e. The first-order valence-corrected chi connectivity index (χ1v) is 11.0. The van der Waals surface area contributed by atoms with Crippen LogP contribution in [-0.4, -0.2) is 49.9 Å². The minimum absolute atomic E-state index is 0. The molecule has 2 heterocycles. The number of nitrogens with zero attached hydrogens (tertiary/aromatic N) is 3. The van der Waals surface area contributed by atoms with E-state index in [2.05, 4.69) is 10.00 Å². The second kappa shape index (κ2) is 10.2. The zero-order valence-electron chi connectivity index (χ0n) is 17.8. The number of likely N-dealkylation sites (tertiary alicyclic amines) is 1. The summed E-state index contributed by atoms with van der Waals surface area (Å²) in [6.45, 7) is 3.59. The molecule has 0 amide bonds. The molecule has 1 aliphatic carbocycles. The third-order valence-electron chi connectivity index (χ3n) is 6.11. The lowest BCUT2D eigenvalue weighted by Gasteiger charge is -2.38. The number of rotatable bonds is 7. The lowest BCUT2D eigenvalue weighted by atomic mass is 9.92. The van der Waals surface area contributed by atoms with Gasteiger partial charge in [-0.2, -0.15) is 17.7 Å². The minimum atomic E-state index is -1.02. The summed E-state index contributed by atoms with van der Waals surface area (Å²) in [6, 6.07) is 5.94. The number of carboxylic acids is 1. The predicted molar refractivity (Wildman–Crippen MR) is 125 cm³/mol. The van der Waals surface area contributed by atoms with Crippen LogP contribution < -0.4 is 0 Å². The van der Waals surface area contributed by atoms with Crippen molar-refractivity contribution >= 4 is 36.8 Å². The fraction of sp³-hybridized carbons (Fsp3) is 0.435. The molecular weight excluding hydrogens is 453 g/mol. The Bertz CT molecular complexity index is 1040. The molecule has 6 nitrogen and oxygen atoms in total. The molecule has 32 heavy (non-hydrogen) atoms. The first kappa shape index (κ1) is 24.5. The second-order valence-electron chi connectivity index (χ2n) is 8.41. The van der Waals surface area contributed by atoms with Gasteiger partial charge in [-0.1, -0.05) is 23.8 Å². The van der Waals surface area contributed by atoms with Gasteiger partial charge in [-0.05, 0) is 37.8 Å². The van der Waals surface area contributed by atoms with Crippen LogP contribution in [0.2, 0.25) is 0 Å². The van der Waals surface area contributed by atoms with Gasteiger partial charge in [-0.3, -0.25) is 14.4 Å². The number of Topliss-reactive ketones (excluding diaryl/α,β-unsaturated/α-hetero) is 1. The number of hydrogen-bond donors (Lipinski definition) is 2. The SMILES string of the molecule is C/C(Cn1cc(C(=O)O)cn1)=C1/CN(C(C(=O)C2CC2)c2ccccc2F)CCC1S.Cl. The molecule has 1 aromatic heterocycles. The van der Waals surface area contributed by atoms with Crippen molar-refractivity contribution in [1.82, 2.24) is 14.7 Å². The van der Waals surface area contributed by atoms with Gasteiger partial charge < -0.3 is 5.11 Å². The van der Waals surface area contributed by atoms with Crippen molar-refractivity contribution in [3.63, 3.8) is 0 Å². The monoisotopic (exact) mass is 479 g/mol. The standard InChI is InChI=1S/C23H26FN3O3S.ClH/c1-14(11-27-12-16(10-25-27)23(29)30)18-13-26(9-8-20(18)31)21(22(28)15-6-7-15)17-4-2-3-5-19(17)24;/h2-5,10,12,15,20-21,31H,6-9,11,13H2,1H3,(H,29,30);1H/b18-14+;. The molecule has 2 atom stereocenters. The number of carbonyl (C=O) groups is 2. The molecule has 1 saturated carbocycles. The summed E-state index contributed by atoms with van der Waals surface area (Å²) in [4.78, 5) is 26.3. The van der Waals surface area contributed by atoms with Crippen LogP contribution in [0.5, 0.6) is 0 Å². The Hall–Kier alpha value is -2.16. The number of carbonyl (C=O) groups excluding carboxylic acids is 1. The maximum absolute atomic E-state index is 14.7. The van der Waals surface area contributed by atoms with Crippen molar-refractivity contribution < 1.29 is 19.1 Å². The van der Waals surface area contributed by atoms with Crippen LogP contribution in [0.3, 0.4) is 0 Å². The summed E-state index contributed by atoms with van der Waals surface area (Å²) in [5.41, 5.74) is 2.68. The van der Waals surface area contributed by atoms with E-state index in [4.69, 9.17) is 17.7 Å². The first-order valence-electron chi connectivity index (χ1n) is 10.5. The van der Waals surface area contributed by atoms with Gasteiger partial charge in [-0.25, -0.2) is 9.18 Å². The molecule has 1 aromatic carbocycles. The van der Waals surface area contributed by atoms with E-state index in [1.807, 2.05) is 6.92 Å². The van der Waals surface area contributed by atoms with E-state index in [0.717, 1.165) is 30.4 Å². The highest BCUT2D eigenvalue weighted by atomic mass is 35.5. The van der Waals surface area contributed by atoms with Gasteiger partial charge in [0.2, 0.25) is 0 Å².